The van der Waals surface area contributed by atoms with Crippen LogP contribution in [0.25, 0.3) is 0 Å². The van der Waals surface area contributed by atoms with Gasteiger partial charge in [0.15, 0.2) is 0 Å². The lowest BCUT2D eigenvalue weighted by atomic mass is 9.74. The van der Waals surface area contributed by atoms with Gasteiger partial charge in [0.1, 0.15) is 0 Å². The van der Waals surface area contributed by atoms with Crippen molar-refractivity contribution >= 4 is 5.97 Å². The second kappa shape index (κ2) is 4.79. The first-order valence-electron chi connectivity index (χ1n) is 6.98. The summed E-state index contributed by atoms with van der Waals surface area (Å²) in [7, 11) is 0. The van der Waals surface area contributed by atoms with Gasteiger partial charge >= 0.3 is 5.97 Å². The van der Waals surface area contributed by atoms with Gasteiger partial charge in [-0.25, -0.2) is 0 Å². The third-order valence-electron chi connectivity index (χ3n) is 4.99. The summed E-state index contributed by atoms with van der Waals surface area (Å²) in [6.07, 6.45) is 2.46. The molecule has 3 unspecified atom stereocenters. The SMILES string of the molecule is O=C(O)CC1(N2CCOCC2)CCN2CCC1C2. The Labute approximate surface area is 108 Å². The summed E-state index contributed by atoms with van der Waals surface area (Å²) in [4.78, 5) is 16.2. The Morgan fingerprint density at radius 3 is 2.78 bits per heavy atom. The summed E-state index contributed by atoms with van der Waals surface area (Å²) < 4.78 is 5.42. The molecule has 0 aromatic heterocycles. The van der Waals surface area contributed by atoms with Crippen LogP contribution >= 0.6 is 0 Å². The normalized spacial score (nSPS) is 40.9. The number of ether oxygens (including phenoxy) is 1. The molecule has 3 heterocycles. The van der Waals surface area contributed by atoms with Crippen LogP contribution in [-0.2, 0) is 9.53 Å². The minimum atomic E-state index is -0.651. The van der Waals surface area contributed by atoms with Crippen molar-refractivity contribution < 1.29 is 14.6 Å². The molecule has 0 amide bonds. The second-order valence-corrected chi connectivity index (χ2v) is 5.81. The van der Waals surface area contributed by atoms with E-state index < -0.39 is 5.97 Å². The average molecular weight is 254 g/mol. The lowest BCUT2D eigenvalue weighted by Gasteiger charge is -2.51. The van der Waals surface area contributed by atoms with E-state index in [1.165, 1.54) is 0 Å². The zero-order valence-corrected chi connectivity index (χ0v) is 10.8. The van der Waals surface area contributed by atoms with Crippen LogP contribution in [0.5, 0.6) is 0 Å². The van der Waals surface area contributed by atoms with Crippen LogP contribution in [0.4, 0.5) is 0 Å². The summed E-state index contributed by atoms with van der Waals surface area (Å²) in [6.45, 7) is 6.57. The number of hydrogen-bond donors (Lipinski definition) is 1. The lowest BCUT2D eigenvalue weighted by molar-refractivity contribution is -0.145. The molecule has 3 aliphatic rings. The molecular weight excluding hydrogens is 232 g/mol. The number of hydrogen-bond acceptors (Lipinski definition) is 4. The highest BCUT2D eigenvalue weighted by molar-refractivity contribution is 5.68. The molecule has 0 aromatic rings. The summed E-state index contributed by atoms with van der Waals surface area (Å²) in [6, 6.07) is 0. The van der Waals surface area contributed by atoms with E-state index in [4.69, 9.17) is 4.74 Å². The van der Waals surface area contributed by atoms with Crippen molar-refractivity contribution in [2.75, 3.05) is 45.9 Å². The van der Waals surface area contributed by atoms with E-state index in [9.17, 15) is 9.90 Å². The molecule has 3 rings (SSSR count). The Morgan fingerprint density at radius 2 is 2.06 bits per heavy atom. The molecule has 18 heavy (non-hydrogen) atoms. The molecule has 3 fully saturated rings. The summed E-state index contributed by atoms with van der Waals surface area (Å²) in [5.41, 5.74) is -0.109. The Balaban J connectivity index is 1.84. The number of carbonyl (C=O) groups is 1. The smallest absolute Gasteiger partial charge is 0.305 e. The molecule has 5 nitrogen and oxygen atoms in total. The van der Waals surface area contributed by atoms with Crippen LogP contribution in [-0.4, -0.2) is 72.4 Å². The van der Waals surface area contributed by atoms with Gasteiger partial charge in [-0.2, -0.15) is 0 Å². The molecular formula is C13H22N2O3. The molecule has 1 N–H and O–H groups in total. The highest BCUT2D eigenvalue weighted by Crippen LogP contribution is 2.42. The van der Waals surface area contributed by atoms with Crippen LogP contribution in [0.15, 0.2) is 0 Å². The van der Waals surface area contributed by atoms with Crippen LogP contribution in [0.2, 0.25) is 0 Å². The largest absolute Gasteiger partial charge is 0.481 e. The lowest BCUT2D eigenvalue weighted by Crippen LogP contribution is -2.61. The summed E-state index contributed by atoms with van der Waals surface area (Å²) >= 11 is 0. The summed E-state index contributed by atoms with van der Waals surface area (Å²) in [5, 5.41) is 9.32. The minimum Gasteiger partial charge on any atom is -0.481 e. The molecule has 5 heteroatoms. The van der Waals surface area contributed by atoms with Crippen molar-refractivity contribution in [1.82, 2.24) is 9.80 Å². The number of fused-ring (bicyclic) bond motifs is 2. The Bertz CT molecular complexity index is 330. The molecule has 2 bridgehead atoms. The molecule has 3 aliphatic heterocycles. The Kier molecular flexibility index (Phi) is 3.30. The average Bonchev–Trinajstić information content (AvgIpc) is 2.78. The van der Waals surface area contributed by atoms with Gasteiger partial charge < -0.3 is 14.7 Å². The van der Waals surface area contributed by atoms with E-state index in [1.54, 1.807) is 0 Å². The molecule has 0 aromatic carbocycles. The number of carboxylic acid groups (broad SMARTS) is 1. The van der Waals surface area contributed by atoms with Gasteiger partial charge in [-0.3, -0.25) is 9.69 Å². The first kappa shape index (κ1) is 12.4. The number of piperidine rings is 1. The molecule has 3 atom stereocenters. The topological polar surface area (TPSA) is 53.0 Å². The van der Waals surface area contributed by atoms with Crippen molar-refractivity contribution in [3.63, 3.8) is 0 Å². The monoisotopic (exact) mass is 254 g/mol. The second-order valence-electron chi connectivity index (χ2n) is 5.81. The quantitative estimate of drug-likeness (QED) is 0.783. The minimum absolute atomic E-state index is 0.109. The van der Waals surface area contributed by atoms with Crippen LogP contribution in [0, 0.1) is 5.92 Å². The van der Waals surface area contributed by atoms with Crippen molar-refractivity contribution in [1.29, 1.82) is 0 Å². The highest BCUT2D eigenvalue weighted by Gasteiger charge is 2.50. The van der Waals surface area contributed by atoms with E-state index in [0.29, 0.717) is 12.3 Å². The van der Waals surface area contributed by atoms with Gasteiger partial charge in [0, 0.05) is 25.2 Å². The molecule has 0 saturated carbocycles. The fraction of sp³-hybridized carbons (Fsp3) is 0.923. The number of morpholine rings is 1. The third kappa shape index (κ3) is 2.04. The van der Waals surface area contributed by atoms with Crippen LogP contribution < -0.4 is 0 Å². The van der Waals surface area contributed by atoms with Crippen molar-refractivity contribution in [2.24, 2.45) is 5.92 Å². The molecule has 0 radical (unpaired) electrons. The maximum absolute atomic E-state index is 11.3. The Hall–Kier alpha value is -0.650. The zero-order valence-electron chi connectivity index (χ0n) is 10.8. The van der Waals surface area contributed by atoms with Crippen molar-refractivity contribution in [3.8, 4) is 0 Å². The zero-order chi connectivity index (χ0) is 12.6. The molecule has 0 spiro atoms. The fourth-order valence-electron chi connectivity index (χ4n) is 4.06. The van der Waals surface area contributed by atoms with Gasteiger partial charge in [-0.05, 0) is 31.8 Å². The predicted molar refractivity (Wildman–Crippen MR) is 66.5 cm³/mol. The highest BCUT2D eigenvalue weighted by atomic mass is 16.5. The maximum Gasteiger partial charge on any atom is 0.305 e. The summed E-state index contributed by atoms with van der Waals surface area (Å²) in [5.74, 6) is -0.123. The van der Waals surface area contributed by atoms with E-state index in [2.05, 4.69) is 9.80 Å². The number of carboxylic acids is 1. The third-order valence-corrected chi connectivity index (χ3v) is 4.99. The van der Waals surface area contributed by atoms with Crippen molar-refractivity contribution in [2.45, 2.75) is 24.8 Å². The molecule has 102 valence electrons. The van der Waals surface area contributed by atoms with Gasteiger partial charge in [0.2, 0.25) is 0 Å². The Morgan fingerprint density at radius 1 is 1.28 bits per heavy atom. The van der Waals surface area contributed by atoms with Gasteiger partial charge in [0.05, 0.1) is 19.6 Å². The van der Waals surface area contributed by atoms with E-state index in [1.807, 2.05) is 0 Å². The number of rotatable bonds is 3. The standard InChI is InChI=1S/C13H22N2O3/c16-12(17)9-13(15-5-7-18-8-6-15)2-4-14-3-1-11(13)10-14/h11H,1-10H2,(H,16,17). The van der Waals surface area contributed by atoms with Crippen LogP contribution in [0.1, 0.15) is 19.3 Å². The van der Waals surface area contributed by atoms with E-state index in [-0.39, 0.29) is 5.54 Å². The first-order valence-corrected chi connectivity index (χ1v) is 6.98. The number of nitrogens with zero attached hydrogens (tertiary/aromatic N) is 2. The predicted octanol–water partition coefficient (Wildman–Crippen LogP) is 0.258. The fourth-order valence-corrected chi connectivity index (χ4v) is 4.06. The maximum atomic E-state index is 11.3. The molecule has 0 aliphatic carbocycles. The van der Waals surface area contributed by atoms with Gasteiger partial charge in [0.25, 0.3) is 0 Å². The van der Waals surface area contributed by atoms with E-state index >= 15 is 0 Å². The van der Waals surface area contributed by atoms with Gasteiger partial charge in [-0.15, -0.1) is 0 Å². The van der Waals surface area contributed by atoms with Gasteiger partial charge in [-0.1, -0.05) is 0 Å². The van der Waals surface area contributed by atoms with Crippen molar-refractivity contribution in [3.05, 3.63) is 0 Å². The van der Waals surface area contributed by atoms with Crippen LogP contribution in [0.3, 0.4) is 0 Å². The first-order chi connectivity index (χ1) is 8.71. The molecule has 3 saturated heterocycles. The number of aliphatic carboxylic acids is 1. The van der Waals surface area contributed by atoms with E-state index in [0.717, 1.165) is 58.8 Å².